The summed E-state index contributed by atoms with van der Waals surface area (Å²) in [5.41, 5.74) is 1.89. The van der Waals surface area contributed by atoms with Gasteiger partial charge in [0.15, 0.2) is 0 Å². The van der Waals surface area contributed by atoms with E-state index in [2.05, 4.69) is 29.8 Å². The Morgan fingerprint density at radius 3 is 2.52 bits per heavy atom. The van der Waals surface area contributed by atoms with Crippen molar-refractivity contribution in [2.45, 2.75) is 52.3 Å². The Morgan fingerprint density at radius 2 is 1.88 bits per heavy atom. The second kappa shape index (κ2) is 6.64. The first-order valence-electron chi connectivity index (χ1n) is 8.74. The zero-order valence-electron chi connectivity index (χ0n) is 15.6. The lowest BCUT2D eigenvalue weighted by Crippen LogP contribution is -2.49. The summed E-state index contributed by atoms with van der Waals surface area (Å²) in [5, 5.41) is 0.820. The number of fused-ring (bicyclic) bond motifs is 1. The number of rotatable bonds is 2. The van der Waals surface area contributed by atoms with E-state index in [1.54, 1.807) is 12.3 Å². The highest BCUT2D eigenvalue weighted by Crippen LogP contribution is 2.29. The van der Waals surface area contributed by atoms with Crippen molar-refractivity contribution in [3.63, 3.8) is 0 Å². The van der Waals surface area contributed by atoms with Crippen LogP contribution in [0.2, 0.25) is 0 Å². The molecule has 0 bridgehead atoms. The monoisotopic (exact) mass is 342 g/mol. The highest BCUT2D eigenvalue weighted by atomic mass is 16.6. The fraction of sp³-hybridized carbons (Fsp3) is 0.500. The lowest BCUT2D eigenvalue weighted by molar-refractivity contribution is 0.00718. The smallest absolute Gasteiger partial charge is 0.339 e. The molecule has 1 fully saturated rings. The minimum absolute atomic E-state index is 0.280. The maximum atomic E-state index is 12.6. The van der Waals surface area contributed by atoms with Crippen LogP contribution >= 0.6 is 0 Å². The summed E-state index contributed by atoms with van der Waals surface area (Å²) in [5.74, 6) is -0.319. The molecule has 1 aromatic heterocycles. The normalized spacial score (nSPS) is 21.4. The van der Waals surface area contributed by atoms with E-state index in [4.69, 9.17) is 9.47 Å². The van der Waals surface area contributed by atoms with E-state index in [-0.39, 0.29) is 18.1 Å². The van der Waals surface area contributed by atoms with Crippen LogP contribution in [-0.4, -0.2) is 41.9 Å². The number of esters is 1. The van der Waals surface area contributed by atoms with E-state index < -0.39 is 5.60 Å². The van der Waals surface area contributed by atoms with Gasteiger partial charge in [-0.1, -0.05) is 0 Å². The minimum atomic E-state index is -0.530. The van der Waals surface area contributed by atoms with Crippen molar-refractivity contribution in [3.8, 4) is 0 Å². The summed E-state index contributed by atoms with van der Waals surface area (Å²) in [7, 11) is 0. The van der Waals surface area contributed by atoms with Crippen molar-refractivity contribution in [1.29, 1.82) is 0 Å². The van der Waals surface area contributed by atoms with Gasteiger partial charge in [0.2, 0.25) is 0 Å². The van der Waals surface area contributed by atoms with Crippen LogP contribution in [0.1, 0.15) is 45.0 Å². The summed E-state index contributed by atoms with van der Waals surface area (Å²) in [4.78, 5) is 19.3. The molecule has 3 rings (SSSR count). The Bertz CT molecular complexity index is 772. The molecule has 2 heterocycles. The summed E-state index contributed by atoms with van der Waals surface area (Å²) >= 11 is 0. The molecule has 0 spiro atoms. The molecule has 5 nitrogen and oxygen atoms in total. The van der Waals surface area contributed by atoms with Crippen LogP contribution in [0, 0.1) is 0 Å². The number of nitrogens with zero attached hydrogens (tertiary/aromatic N) is 2. The lowest BCUT2D eigenvalue weighted by Gasteiger charge is -2.40. The summed E-state index contributed by atoms with van der Waals surface area (Å²) < 4.78 is 11.2. The van der Waals surface area contributed by atoms with Crippen molar-refractivity contribution in [1.82, 2.24) is 4.98 Å². The number of morpholine rings is 1. The van der Waals surface area contributed by atoms with E-state index in [1.165, 1.54) is 0 Å². The molecule has 0 saturated carbocycles. The molecule has 1 aromatic carbocycles. The van der Waals surface area contributed by atoms with Gasteiger partial charge in [-0.3, -0.25) is 4.98 Å². The van der Waals surface area contributed by atoms with Gasteiger partial charge in [-0.2, -0.15) is 0 Å². The second-order valence-corrected chi connectivity index (χ2v) is 7.70. The maximum Gasteiger partial charge on any atom is 0.339 e. The van der Waals surface area contributed by atoms with Crippen molar-refractivity contribution in [2.24, 2.45) is 0 Å². The Morgan fingerprint density at radius 1 is 1.20 bits per heavy atom. The fourth-order valence-corrected chi connectivity index (χ4v) is 3.32. The predicted octanol–water partition coefficient (Wildman–Crippen LogP) is 3.80. The van der Waals surface area contributed by atoms with Crippen LogP contribution in [0.4, 0.5) is 5.69 Å². The van der Waals surface area contributed by atoms with Crippen molar-refractivity contribution in [2.75, 3.05) is 18.1 Å². The van der Waals surface area contributed by atoms with Gasteiger partial charge in [0.05, 0.1) is 24.3 Å². The largest absolute Gasteiger partial charge is 0.456 e. The molecule has 5 heteroatoms. The van der Waals surface area contributed by atoms with Gasteiger partial charge in [-0.15, -0.1) is 0 Å². The van der Waals surface area contributed by atoms with Gasteiger partial charge in [0.25, 0.3) is 0 Å². The topological polar surface area (TPSA) is 51.7 Å². The van der Waals surface area contributed by atoms with E-state index >= 15 is 0 Å². The standard InChI is InChI=1S/C20H26N2O3/c1-13-11-24-12-14(2)22(13)15-6-7-18-17(10-15)16(8-9-21-18)19(23)25-20(3,4)5/h6-10,13-14H,11-12H2,1-5H3/t13-,14-/m0/s1. The Kier molecular flexibility index (Phi) is 4.69. The Hall–Kier alpha value is -2.14. The molecule has 0 amide bonds. The number of aromatic nitrogens is 1. The minimum Gasteiger partial charge on any atom is -0.456 e. The van der Waals surface area contributed by atoms with E-state index in [9.17, 15) is 4.79 Å². The van der Waals surface area contributed by atoms with Crippen molar-refractivity contribution < 1.29 is 14.3 Å². The number of hydrogen-bond acceptors (Lipinski definition) is 5. The number of benzene rings is 1. The van der Waals surface area contributed by atoms with Crippen LogP contribution < -0.4 is 4.90 Å². The number of pyridine rings is 1. The van der Waals surface area contributed by atoms with Gasteiger partial charge in [0, 0.05) is 29.4 Å². The summed E-state index contributed by atoms with van der Waals surface area (Å²) in [6.07, 6.45) is 1.65. The third-order valence-electron chi connectivity index (χ3n) is 4.31. The molecule has 1 aliphatic heterocycles. The van der Waals surface area contributed by atoms with Crippen LogP contribution in [-0.2, 0) is 9.47 Å². The number of hydrogen-bond donors (Lipinski definition) is 0. The number of ether oxygens (including phenoxy) is 2. The average Bonchev–Trinajstić information content (AvgIpc) is 2.52. The first-order valence-corrected chi connectivity index (χ1v) is 8.74. The molecule has 0 unspecified atom stereocenters. The number of anilines is 1. The van der Waals surface area contributed by atoms with Crippen molar-refractivity contribution in [3.05, 3.63) is 36.0 Å². The lowest BCUT2D eigenvalue weighted by atomic mass is 10.1. The molecule has 134 valence electrons. The molecule has 2 aromatic rings. The first-order chi connectivity index (χ1) is 11.8. The molecule has 25 heavy (non-hydrogen) atoms. The molecule has 0 radical (unpaired) electrons. The Balaban J connectivity index is 2.04. The molecule has 1 saturated heterocycles. The maximum absolute atomic E-state index is 12.6. The summed E-state index contributed by atoms with van der Waals surface area (Å²) in [6, 6.07) is 8.36. The highest BCUT2D eigenvalue weighted by Gasteiger charge is 2.26. The zero-order chi connectivity index (χ0) is 18.2. The predicted molar refractivity (Wildman–Crippen MR) is 99.1 cm³/mol. The molecular weight excluding hydrogens is 316 g/mol. The summed E-state index contributed by atoms with van der Waals surface area (Å²) in [6.45, 7) is 11.3. The third kappa shape index (κ3) is 3.76. The van der Waals surface area contributed by atoms with Crippen LogP contribution in [0.25, 0.3) is 10.9 Å². The fourth-order valence-electron chi connectivity index (χ4n) is 3.32. The average molecular weight is 342 g/mol. The van der Waals surface area contributed by atoms with Gasteiger partial charge in [-0.25, -0.2) is 4.79 Å². The third-order valence-corrected chi connectivity index (χ3v) is 4.31. The zero-order valence-corrected chi connectivity index (χ0v) is 15.6. The van der Waals surface area contributed by atoms with Gasteiger partial charge < -0.3 is 14.4 Å². The first kappa shape index (κ1) is 17.7. The quantitative estimate of drug-likeness (QED) is 0.777. The number of carbonyl (C=O) groups is 1. The van der Waals surface area contributed by atoms with Crippen LogP contribution in [0.15, 0.2) is 30.5 Å². The van der Waals surface area contributed by atoms with Crippen LogP contribution in [0.3, 0.4) is 0 Å². The molecule has 2 atom stereocenters. The van der Waals surface area contributed by atoms with E-state index in [0.717, 1.165) is 16.6 Å². The highest BCUT2D eigenvalue weighted by molar-refractivity contribution is 6.04. The van der Waals surface area contributed by atoms with Gasteiger partial charge in [-0.05, 0) is 58.9 Å². The SMILES string of the molecule is C[C@H]1COC[C@H](C)N1c1ccc2nccc(C(=O)OC(C)(C)C)c2c1. The molecule has 0 aliphatic carbocycles. The number of carbonyl (C=O) groups excluding carboxylic acids is 1. The van der Waals surface area contributed by atoms with Crippen molar-refractivity contribution >= 4 is 22.6 Å². The van der Waals surface area contributed by atoms with E-state index in [0.29, 0.717) is 18.8 Å². The Labute approximate surface area is 148 Å². The molecule has 1 aliphatic rings. The molecule has 0 N–H and O–H groups in total. The van der Waals surface area contributed by atoms with Gasteiger partial charge >= 0.3 is 5.97 Å². The molecular formula is C20H26N2O3. The van der Waals surface area contributed by atoms with E-state index in [1.807, 2.05) is 32.9 Å². The van der Waals surface area contributed by atoms with Gasteiger partial charge in [0.1, 0.15) is 5.60 Å². The second-order valence-electron chi connectivity index (χ2n) is 7.70. The van der Waals surface area contributed by atoms with Crippen LogP contribution in [0.5, 0.6) is 0 Å².